The third-order valence-corrected chi connectivity index (χ3v) is 10.5. The molecular formula is C57H46N4O. The molecule has 5 nitrogen and oxygen atoms in total. The maximum atomic E-state index is 9.71. The molecule has 0 aliphatic carbocycles. The maximum absolute atomic E-state index is 9.71. The summed E-state index contributed by atoms with van der Waals surface area (Å²) in [4.78, 5) is 17.9. The molecule has 0 saturated carbocycles. The van der Waals surface area contributed by atoms with Crippen molar-refractivity contribution in [3.63, 3.8) is 0 Å². The Morgan fingerprint density at radius 2 is 1.05 bits per heavy atom. The Labute approximate surface area is 386 Å². The molecule has 62 heavy (non-hydrogen) atoms. The first-order valence-electron chi connectivity index (χ1n) is 28.3. The number of rotatable bonds is 11. The van der Waals surface area contributed by atoms with E-state index in [1.54, 1.807) is 115 Å². The van der Waals surface area contributed by atoms with Crippen LogP contribution in [0.2, 0.25) is 0 Å². The van der Waals surface area contributed by atoms with Gasteiger partial charge in [-0.2, -0.15) is 0 Å². The van der Waals surface area contributed by atoms with Crippen LogP contribution in [0.5, 0.6) is 0 Å². The first-order chi connectivity index (χ1) is 37.1. The van der Waals surface area contributed by atoms with Gasteiger partial charge in [-0.25, -0.2) is 4.98 Å². The van der Waals surface area contributed by atoms with Gasteiger partial charge in [0.15, 0.2) is 0 Å². The molecule has 10 aromatic rings. The molecule has 0 N–H and O–H groups in total. The number of nitrogens with zero attached hydrogens (tertiary/aromatic N) is 4. The largest absolute Gasteiger partial charge is 0.437 e. The normalized spacial score (nSPS) is 17.0. The molecule has 0 aliphatic rings. The van der Waals surface area contributed by atoms with Crippen LogP contribution >= 0.6 is 0 Å². The SMILES string of the molecule is [2H]C([2H])([2H])c1ccc2c(n1)oc1c(-c3ccc(-c4ccccc4-c4cc(C([2H])([2H])C([2H])([2H])c5cnc(-c6ccccc6)cc5C([2H])([2H])[2H])cc(C([2H])([2H])C([2H])([2H])c5cnc(-c6ccccc6)cc5C([2H])([2H])[2H])c4)cn3)cccc12. The first-order valence-corrected chi connectivity index (χ1v) is 19.8. The van der Waals surface area contributed by atoms with Crippen LogP contribution in [0.1, 0.15) is 62.4 Å². The summed E-state index contributed by atoms with van der Waals surface area (Å²) in [7, 11) is 0. The molecule has 0 saturated heterocycles. The van der Waals surface area contributed by atoms with Gasteiger partial charge in [-0.3, -0.25) is 15.0 Å². The highest BCUT2D eigenvalue weighted by molar-refractivity contribution is 6.08. The van der Waals surface area contributed by atoms with Gasteiger partial charge in [-0.05, 0) is 133 Å². The highest BCUT2D eigenvalue weighted by Crippen LogP contribution is 2.37. The highest BCUT2D eigenvalue weighted by Gasteiger charge is 2.16. The Bertz CT molecular complexity index is 3790. The summed E-state index contributed by atoms with van der Waals surface area (Å²) in [6.45, 7) is -8.40. The second-order valence-electron chi connectivity index (χ2n) is 14.6. The third-order valence-electron chi connectivity index (χ3n) is 10.5. The third kappa shape index (κ3) is 7.93. The second kappa shape index (κ2) is 16.9. The summed E-state index contributed by atoms with van der Waals surface area (Å²) >= 11 is 0. The number of para-hydroxylation sites is 1. The average molecular weight is 820 g/mol. The van der Waals surface area contributed by atoms with Crippen LogP contribution in [0.3, 0.4) is 0 Å². The number of aryl methyl sites for hydroxylation is 7. The van der Waals surface area contributed by atoms with Gasteiger partial charge in [0, 0.05) is 80.6 Å². The molecule has 5 aromatic heterocycles. The molecule has 5 heteroatoms. The lowest BCUT2D eigenvalue weighted by Gasteiger charge is -2.15. The van der Waals surface area contributed by atoms with Crippen molar-refractivity contribution >= 4 is 22.1 Å². The van der Waals surface area contributed by atoms with E-state index in [-0.39, 0.29) is 28.4 Å². The van der Waals surface area contributed by atoms with E-state index in [9.17, 15) is 11.0 Å². The number of furan rings is 1. The Kier molecular flexibility index (Phi) is 6.55. The van der Waals surface area contributed by atoms with Crippen molar-refractivity contribution in [1.82, 2.24) is 19.9 Å². The molecule has 0 unspecified atom stereocenters. The van der Waals surface area contributed by atoms with Crippen molar-refractivity contribution in [2.24, 2.45) is 0 Å². The Morgan fingerprint density at radius 3 is 1.65 bits per heavy atom. The van der Waals surface area contributed by atoms with E-state index in [4.69, 9.17) is 21.7 Å². The zero-order valence-corrected chi connectivity index (χ0v) is 32.9. The van der Waals surface area contributed by atoms with Crippen molar-refractivity contribution in [2.75, 3.05) is 0 Å². The molecule has 0 spiro atoms. The zero-order chi connectivity index (χ0) is 56.7. The fraction of sp³-hybridized carbons (Fsp3) is 0.123. The molecule has 300 valence electrons. The molecular weight excluding hydrogens is 757 g/mol. The van der Waals surface area contributed by atoms with Gasteiger partial charge in [-0.1, -0.05) is 121 Å². The fourth-order valence-corrected chi connectivity index (χ4v) is 7.43. The van der Waals surface area contributed by atoms with Gasteiger partial charge in [-0.15, -0.1) is 0 Å². The Balaban J connectivity index is 1.13. The van der Waals surface area contributed by atoms with E-state index in [2.05, 4.69) is 15.0 Å². The minimum Gasteiger partial charge on any atom is -0.437 e. The lowest BCUT2D eigenvalue weighted by molar-refractivity contribution is 0.653. The quantitative estimate of drug-likeness (QED) is 0.130. The van der Waals surface area contributed by atoms with Crippen LogP contribution in [-0.2, 0) is 25.5 Å². The second-order valence-corrected chi connectivity index (χ2v) is 14.6. The minimum absolute atomic E-state index is 0.0877. The molecule has 0 fully saturated rings. The summed E-state index contributed by atoms with van der Waals surface area (Å²) in [5.41, 5.74) is 1.13. The predicted octanol–water partition coefficient (Wildman–Crippen LogP) is 14.0. The van der Waals surface area contributed by atoms with Gasteiger partial charge in [0.2, 0.25) is 5.71 Å². The number of fused-ring (bicyclic) bond motifs is 3. The topological polar surface area (TPSA) is 64.7 Å². The molecule has 0 radical (unpaired) electrons. The van der Waals surface area contributed by atoms with Gasteiger partial charge in [0.05, 0.1) is 17.1 Å². The van der Waals surface area contributed by atoms with E-state index in [0.29, 0.717) is 55.4 Å². The molecule has 0 amide bonds. The molecule has 0 bridgehead atoms. The van der Waals surface area contributed by atoms with Crippen molar-refractivity contribution in [3.8, 4) is 56.0 Å². The average Bonchev–Trinajstić information content (AvgIpc) is 3.97. The predicted molar refractivity (Wildman–Crippen MR) is 254 cm³/mol. The monoisotopic (exact) mass is 819 g/mol. The molecule has 0 aliphatic heterocycles. The van der Waals surface area contributed by atoms with Crippen LogP contribution in [0.15, 0.2) is 181 Å². The van der Waals surface area contributed by atoms with E-state index in [1.807, 2.05) is 12.1 Å². The fourth-order valence-electron chi connectivity index (χ4n) is 7.43. The summed E-state index contributed by atoms with van der Waals surface area (Å²) < 4.78 is 158. The Morgan fingerprint density at radius 1 is 0.452 bits per heavy atom. The smallest absolute Gasteiger partial charge is 0.227 e. The van der Waals surface area contributed by atoms with Gasteiger partial charge < -0.3 is 4.42 Å². The summed E-state index contributed by atoms with van der Waals surface area (Å²) in [5.74, 6) is 0. The molecule has 5 aromatic carbocycles. The number of pyridine rings is 4. The van der Waals surface area contributed by atoms with E-state index >= 15 is 0 Å². The van der Waals surface area contributed by atoms with Crippen molar-refractivity contribution in [3.05, 3.63) is 215 Å². The number of hydrogen-bond donors (Lipinski definition) is 0. The zero-order valence-electron chi connectivity index (χ0n) is 49.9. The minimum atomic E-state index is -3.22. The first kappa shape index (κ1) is 24.1. The number of benzene rings is 5. The number of hydrogen-bond acceptors (Lipinski definition) is 5. The van der Waals surface area contributed by atoms with Crippen LogP contribution in [0.25, 0.3) is 78.1 Å². The summed E-state index contributed by atoms with van der Waals surface area (Å²) in [5, 5.41) is 1.29. The lowest BCUT2D eigenvalue weighted by atomic mass is 9.90. The number of aromatic nitrogens is 4. The molecule has 5 heterocycles. The van der Waals surface area contributed by atoms with Crippen molar-refractivity contribution in [2.45, 2.75) is 46.0 Å². The highest BCUT2D eigenvalue weighted by atomic mass is 16.3. The van der Waals surface area contributed by atoms with Crippen LogP contribution in [0, 0.1) is 20.6 Å². The summed E-state index contributed by atoms with van der Waals surface area (Å²) in [6.07, 6.45) is -9.34. The summed E-state index contributed by atoms with van der Waals surface area (Å²) in [6, 6.07) is 41.9. The standard InChI is InChI=1S/C57H46N4O/c1-37-29-54(42-13-6-4-7-14-42)59-34-44(37)24-22-40-31-41(23-25-45-35-60-55(30-38(45)2)43-15-8-5-9-16-43)33-47(32-40)49-18-11-10-17-48(49)46-26-28-53(58-36-46)52-20-12-19-50-51-27-21-39(3)61-57(51)62-56(50)52/h4-21,26-36H,22-25H2,1-3H3/i1D3,2D3,3D3,22D2,23D2,24D2,25D2. The van der Waals surface area contributed by atoms with Crippen LogP contribution < -0.4 is 0 Å². The van der Waals surface area contributed by atoms with Crippen molar-refractivity contribution < 1.29 is 27.7 Å². The van der Waals surface area contributed by atoms with E-state index in [1.165, 1.54) is 30.3 Å². The van der Waals surface area contributed by atoms with E-state index in [0.717, 1.165) is 18.5 Å². The molecule has 10 rings (SSSR count). The Hall–Kier alpha value is -7.50. The maximum Gasteiger partial charge on any atom is 0.227 e. The van der Waals surface area contributed by atoms with Gasteiger partial charge in [0.25, 0.3) is 0 Å². The van der Waals surface area contributed by atoms with E-state index < -0.39 is 79.4 Å². The van der Waals surface area contributed by atoms with Gasteiger partial charge in [0.1, 0.15) is 5.58 Å². The molecule has 0 atom stereocenters. The van der Waals surface area contributed by atoms with Gasteiger partial charge >= 0.3 is 0 Å². The lowest BCUT2D eigenvalue weighted by Crippen LogP contribution is -2.00. The van der Waals surface area contributed by atoms with Crippen molar-refractivity contribution in [1.29, 1.82) is 0 Å². The van der Waals surface area contributed by atoms with Crippen LogP contribution in [-0.4, -0.2) is 19.9 Å². The van der Waals surface area contributed by atoms with Crippen LogP contribution in [0.4, 0.5) is 0 Å².